The van der Waals surface area contributed by atoms with E-state index in [-0.39, 0.29) is 18.1 Å². The van der Waals surface area contributed by atoms with Gasteiger partial charge in [0.05, 0.1) is 27.2 Å². The Balaban J connectivity index is 2.13. The average Bonchev–Trinajstić information content (AvgIpc) is 2.52. The SMILES string of the molecule is Cc1c(C)c2ccc(OCC(=O)NCC[NH+](C)C)c(C)c2oc1=O. The molecule has 2 aromatic rings. The molecule has 0 aliphatic rings. The van der Waals surface area contributed by atoms with E-state index in [2.05, 4.69) is 5.32 Å². The van der Waals surface area contributed by atoms with Gasteiger partial charge < -0.3 is 19.4 Å². The van der Waals surface area contributed by atoms with Crippen LogP contribution < -0.4 is 20.6 Å². The van der Waals surface area contributed by atoms with Crippen molar-refractivity contribution in [3.05, 3.63) is 39.2 Å². The molecule has 0 unspecified atom stereocenters. The molecule has 0 aliphatic heterocycles. The first-order valence-electron chi connectivity index (χ1n) is 8.03. The summed E-state index contributed by atoms with van der Waals surface area (Å²) in [6.07, 6.45) is 0. The Kier molecular flexibility index (Phi) is 5.62. The molecule has 0 saturated carbocycles. The summed E-state index contributed by atoms with van der Waals surface area (Å²) < 4.78 is 11.0. The van der Waals surface area contributed by atoms with Crippen LogP contribution in [0.2, 0.25) is 0 Å². The van der Waals surface area contributed by atoms with Crippen LogP contribution in [0, 0.1) is 20.8 Å². The maximum Gasteiger partial charge on any atom is 0.339 e. The summed E-state index contributed by atoms with van der Waals surface area (Å²) in [5.41, 5.74) is 2.40. The second kappa shape index (κ2) is 7.49. The lowest BCUT2D eigenvalue weighted by Crippen LogP contribution is -3.06. The lowest BCUT2D eigenvalue weighted by Gasteiger charge is -2.13. The van der Waals surface area contributed by atoms with Crippen molar-refractivity contribution in [3.63, 3.8) is 0 Å². The second-order valence-electron chi connectivity index (χ2n) is 6.30. The molecular weight excluding hydrogens is 308 g/mol. The molecule has 2 N–H and O–H groups in total. The number of rotatable bonds is 6. The van der Waals surface area contributed by atoms with Crippen molar-refractivity contribution in [1.82, 2.24) is 5.32 Å². The number of carbonyl (C=O) groups excluding carboxylic acids is 1. The van der Waals surface area contributed by atoms with E-state index < -0.39 is 0 Å². The Bertz CT molecular complexity index is 809. The monoisotopic (exact) mass is 333 g/mol. The predicted octanol–water partition coefficient (Wildman–Crippen LogP) is 0.358. The summed E-state index contributed by atoms with van der Waals surface area (Å²) in [5, 5.41) is 3.69. The number of carbonyl (C=O) groups is 1. The third-order valence-electron chi connectivity index (χ3n) is 4.13. The molecule has 130 valence electrons. The zero-order valence-corrected chi connectivity index (χ0v) is 14.9. The van der Waals surface area contributed by atoms with Crippen LogP contribution in [0.15, 0.2) is 21.3 Å². The minimum atomic E-state index is -0.343. The van der Waals surface area contributed by atoms with Gasteiger partial charge in [-0.1, -0.05) is 0 Å². The zero-order valence-electron chi connectivity index (χ0n) is 14.9. The van der Waals surface area contributed by atoms with Crippen LogP contribution in [0.3, 0.4) is 0 Å². The highest BCUT2D eigenvalue weighted by Crippen LogP contribution is 2.29. The van der Waals surface area contributed by atoms with Gasteiger partial charge in [-0.05, 0) is 38.5 Å². The topological polar surface area (TPSA) is 73.0 Å². The molecule has 24 heavy (non-hydrogen) atoms. The number of ether oxygens (including phenoxy) is 1. The Morgan fingerprint density at radius 3 is 2.54 bits per heavy atom. The zero-order chi connectivity index (χ0) is 17.9. The summed E-state index contributed by atoms with van der Waals surface area (Å²) in [6.45, 7) is 6.86. The Labute approximate surface area is 141 Å². The molecule has 0 spiro atoms. The highest BCUT2D eigenvalue weighted by molar-refractivity contribution is 5.85. The first-order valence-corrected chi connectivity index (χ1v) is 8.03. The molecule has 0 radical (unpaired) electrons. The molecule has 0 atom stereocenters. The molecule has 0 fully saturated rings. The van der Waals surface area contributed by atoms with Crippen LogP contribution in [0.4, 0.5) is 0 Å². The van der Waals surface area contributed by atoms with E-state index in [4.69, 9.17) is 9.15 Å². The molecule has 6 nitrogen and oxygen atoms in total. The Hall–Kier alpha value is -2.34. The number of likely N-dealkylation sites (N-methyl/N-ethyl adjacent to an activating group) is 1. The Morgan fingerprint density at radius 2 is 1.88 bits per heavy atom. The number of quaternary nitrogens is 1. The van der Waals surface area contributed by atoms with Gasteiger partial charge in [-0.15, -0.1) is 0 Å². The molecular formula is C18H25N2O4+. The van der Waals surface area contributed by atoms with Gasteiger partial charge >= 0.3 is 5.63 Å². The van der Waals surface area contributed by atoms with Crippen molar-refractivity contribution < 1.29 is 18.8 Å². The minimum absolute atomic E-state index is 0.0653. The predicted molar refractivity (Wildman–Crippen MR) is 92.9 cm³/mol. The van der Waals surface area contributed by atoms with E-state index >= 15 is 0 Å². The number of hydrogen-bond donors (Lipinski definition) is 2. The van der Waals surface area contributed by atoms with Gasteiger partial charge in [-0.25, -0.2) is 4.79 Å². The fourth-order valence-corrected chi connectivity index (χ4v) is 2.43. The number of aryl methyl sites for hydroxylation is 2. The van der Waals surface area contributed by atoms with E-state index in [0.717, 1.165) is 23.1 Å². The lowest BCUT2D eigenvalue weighted by molar-refractivity contribution is -0.856. The van der Waals surface area contributed by atoms with E-state index in [0.29, 0.717) is 23.4 Å². The fourth-order valence-electron chi connectivity index (χ4n) is 2.43. The van der Waals surface area contributed by atoms with Crippen LogP contribution in [0.1, 0.15) is 16.7 Å². The van der Waals surface area contributed by atoms with Crippen LogP contribution in [-0.2, 0) is 4.79 Å². The summed E-state index contributed by atoms with van der Waals surface area (Å²) in [7, 11) is 4.05. The summed E-state index contributed by atoms with van der Waals surface area (Å²) >= 11 is 0. The van der Waals surface area contributed by atoms with Crippen molar-refractivity contribution in [1.29, 1.82) is 0 Å². The first-order chi connectivity index (χ1) is 11.3. The number of nitrogens with one attached hydrogen (secondary N) is 2. The van der Waals surface area contributed by atoms with Crippen molar-refractivity contribution in [3.8, 4) is 5.75 Å². The molecule has 1 amide bonds. The summed E-state index contributed by atoms with van der Waals surface area (Å²) in [5.74, 6) is 0.375. The van der Waals surface area contributed by atoms with E-state index in [9.17, 15) is 9.59 Å². The average molecular weight is 333 g/mol. The van der Waals surface area contributed by atoms with E-state index in [1.165, 1.54) is 4.90 Å². The fraction of sp³-hybridized carbons (Fsp3) is 0.444. The van der Waals surface area contributed by atoms with Crippen molar-refractivity contribution in [2.45, 2.75) is 20.8 Å². The molecule has 1 aromatic carbocycles. The minimum Gasteiger partial charge on any atom is -0.483 e. The summed E-state index contributed by atoms with van der Waals surface area (Å²) in [6, 6.07) is 3.66. The van der Waals surface area contributed by atoms with Gasteiger partial charge in [0, 0.05) is 16.5 Å². The van der Waals surface area contributed by atoms with Gasteiger partial charge in [0.1, 0.15) is 11.3 Å². The van der Waals surface area contributed by atoms with Gasteiger partial charge in [-0.3, -0.25) is 4.79 Å². The number of fused-ring (bicyclic) bond motifs is 1. The Morgan fingerprint density at radius 1 is 1.17 bits per heavy atom. The third kappa shape index (κ3) is 3.94. The molecule has 0 aliphatic carbocycles. The summed E-state index contributed by atoms with van der Waals surface area (Å²) in [4.78, 5) is 25.0. The lowest BCUT2D eigenvalue weighted by atomic mass is 10.0. The molecule has 0 bridgehead atoms. The molecule has 1 heterocycles. The van der Waals surface area contributed by atoms with Crippen molar-refractivity contribution in [2.75, 3.05) is 33.8 Å². The highest BCUT2D eigenvalue weighted by atomic mass is 16.5. The molecule has 0 saturated heterocycles. The second-order valence-corrected chi connectivity index (χ2v) is 6.30. The number of benzene rings is 1. The first kappa shape index (κ1) is 18.0. The van der Waals surface area contributed by atoms with E-state index in [1.54, 1.807) is 13.0 Å². The number of hydrogen-bond acceptors (Lipinski definition) is 4. The number of amides is 1. The molecule has 6 heteroatoms. The molecule has 2 rings (SSSR count). The van der Waals surface area contributed by atoms with Crippen LogP contribution in [0.5, 0.6) is 5.75 Å². The molecule has 1 aromatic heterocycles. The maximum absolute atomic E-state index is 11.9. The normalized spacial score (nSPS) is 11.1. The van der Waals surface area contributed by atoms with E-state index in [1.807, 2.05) is 34.0 Å². The highest BCUT2D eigenvalue weighted by Gasteiger charge is 2.13. The van der Waals surface area contributed by atoms with Crippen molar-refractivity contribution in [2.24, 2.45) is 0 Å². The third-order valence-corrected chi connectivity index (χ3v) is 4.13. The van der Waals surface area contributed by atoms with Crippen LogP contribution in [0.25, 0.3) is 11.0 Å². The van der Waals surface area contributed by atoms with Crippen molar-refractivity contribution >= 4 is 16.9 Å². The van der Waals surface area contributed by atoms with Crippen LogP contribution >= 0.6 is 0 Å². The van der Waals surface area contributed by atoms with Gasteiger partial charge in [0.15, 0.2) is 6.61 Å². The van der Waals surface area contributed by atoms with Gasteiger partial charge in [0.2, 0.25) is 0 Å². The van der Waals surface area contributed by atoms with Gasteiger partial charge in [-0.2, -0.15) is 0 Å². The standard InChI is InChI=1S/C18H24N2O4/c1-11-12(2)18(22)24-17-13(3)15(7-6-14(11)17)23-10-16(21)19-8-9-20(4)5/h6-7H,8-10H2,1-5H3,(H,19,21)/p+1. The van der Waals surface area contributed by atoms with Crippen LogP contribution in [-0.4, -0.2) is 39.7 Å². The largest absolute Gasteiger partial charge is 0.483 e. The quantitative estimate of drug-likeness (QED) is 0.749. The smallest absolute Gasteiger partial charge is 0.339 e. The maximum atomic E-state index is 11.9. The van der Waals surface area contributed by atoms with Gasteiger partial charge in [0.25, 0.3) is 5.91 Å².